The van der Waals surface area contributed by atoms with E-state index in [0.29, 0.717) is 6.04 Å². The highest BCUT2D eigenvalue weighted by molar-refractivity contribution is 5.14. The third kappa shape index (κ3) is 4.70. The van der Waals surface area contributed by atoms with Gasteiger partial charge in [-0.3, -0.25) is 4.98 Å². The van der Waals surface area contributed by atoms with Crippen LogP contribution < -0.4 is 5.32 Å². The van der Waals surface area contributed by atoms with Crippen LogP contribution >= 0.6 is 0 Å². The molecule has 1 N–H and O–H groups in total. The van der Waals surface area contributed by atoms with E-state index in [1.807, 2.05) is 6.92 Å². The molecule has 102 valence electrons. The third-order valence-corrected chi connectivity index (χ3v) is 3.19. The van der Waals surface area contributed by atoms with Crippen molar-refractivity contribution in [1.82, 2.24) is 15.2 Å². The van der Waals surface area contributed by atoms with Gasteiger partial charge in [-0.15, -0.1) is 0 Å². The molecule has 0 aliphatic heterocycles. The van der Waals surface area contributed by atoms with Crippen LogP contribution in [0.5, 0.6) is 0 Å². The molecule has 0 aliphatic carbocycles. The van der Waals surface area contributed by atoms with Gasteiger partial charge < -0.3 is 10.2 Å². The Morgan fingerprint density at radius 3 is 2.50 bits per heavy atom. The van der Waals surface area contributed by atoms with Gasteiger partial charge in [0.15, 0.2) is 0 Å². The average Bonchev–Trinajstić information content (AvgIpc) is 2.35. The summed E-state index contributed by atoms with van der Waals surface area (Å²) < 4.78 is 13.1. The molecule has 1 rings (SSSR count). The van der Waals surface area contributed by atoms with E-state index in [2.05, 4.69) is 36.0 Å². The quantitative estimate of drug-likeness (QED) is 0.809. The molecule has 0 aliphatic rings. The summed E-state index contributed by atoms with van der Waals surface area (Å²) in [6, 6.07) is 2.01. The molecule has 1 aromatic heterocycles. The maximum Gasteiger partial charge on any atom is 0.141 e. The van der Waals surface area contributed by atoms with Gasteiger partial charge in [-0.1, -0.05) is 13.8 Å². The van der Waals surface area contributed by atoms with Crippen LogP contribution in [0.4, 0.5) is 4.39 Å². The van der Waals surface area contributed by atoms with Crippen molar-refractivity contribution in [2.24, 2.45) is 0 Å². The van der Waals surface area contributed by atoms with Gasteiger partial charge in [0.1, 0.15) is 5.82 Å². The zero-order valence-electron chi connectivity index (χ0n) is 11.8. The van der Waals surface area contributed by atoms with E-state index in [1.54, 1.807) is 6.20 Å². The summed E-state index contributed by atoms with van der Waals surface area (Å²) in [5, 5.41) is 3.47. The van der Waals surface area contributed by atoms with E-state index in [4.69, 9.17) is 0 Å². The van der Waals surface area contributed by atoms with E-state index in [-0.39, 0.29) is 11.9 Å². The minimum Gasteiger partial charge on any atom is -0.306 e. The van der Waals surface area contributed by atoms with Crippen LogP contribution in [0.15, 0.2) is 18.5 Å². The number of halogens is 1. The molecule has 0 amide bonds. The lowest BCUT2D eigenvalue weighted by molar-refractivity contribution is 0.263. The summed E-state index contributed by atoms with van der Waals surface area (Å²) in [6.07, 6.45) is 2.94. The summed E-state index contributed by atoms with van der Waals surface area (Å²) in [6.45, 7) is 11.6. The predicted molar refractivity (Wildman–Crippen MR) is 73.0 cm³/mol. The zero-order valence-corrected chi connectivity index (χ0v) is 11.8. The van der Waals surface area contributed by atoms with Crippen LogP contribution in [0.25, 0.3) is 0 Å². The molecule has 18 heavy (non-hydrogen) atoms. The molecular weight excluding hydrogens is 229 g/mol. The van der Waals surface area contributed by atoms with Crippen LogP contribution in [0.1, 0.15) is 39.3 Å². The lowest BCUT2D eigenvalue weighted by Crippen LogP contribution is -2.40. The van der Waals surface area contributed by atoms with E-state index in [1.165, 1.54) is 12.3 Å². The fourth-order valence-corrected chi connectivity index (χ4v) is 2.11. The fourth-order valence-electron chi connectivity index (χ4n) is 2.11. The molecule has 0 saturated carbocycles. The highest BCUT2D eigenvalue weighted by Crippen LogP contribution is 2.12. The van der Waals surface area contributed by atoms with Gasteiger partial charge in [-0.25, -0.2) is 4.39 Å². The number of nitrogens with zero attached hydrogens (tertiary/aromatic N) is 2. The van der Waals surface area contributed by atoms with Crippen molar-refractivity contribution < 1.29 is 4.39 Å². The Morgan fingerprint density at radius 2 is 1.94 bits per heavy atom. The molecule has 3 nitrogen and oxygen atoms in total. The zero-order chi connectivity index (χ0) is 13.5. The number of aromatic nitrogens is 1. The first-order chi connectivity index (χ1) is 8.56. The maximum absolute atomic E-state index is 13.1. The van der Waals surface area contributed by atoms with Gasteiger partial charge >= 0.3 is 0 Å². The normalized spacial score (nSPS) is 14.8. The number of rotatable bonds is 7. The highest BCUT2D eigenvalue weighted by atomic mass is 19.1. The van der Waals surface area contributed by atoms with Crippen LogP contribution in [-0.2, 0) is 0 Å². The van der Waals surface area contributed by atoms with E-state index >= 15 is 0 Å². The minimum absolute atomic E-state index is 0.110. The van der Waals surface area contributed by atoms with Crippen LogP contribution in [0.2, 0.25) is 0 Å². The van der Waals surface area contributed by atoms with Crippen LogP contribution in [-0.4, -0.2) is 35.6 Å². The molecule has 0 fully saturated rings. The number of hydrogen-bond acceptors (Lipinski definition) is 3. The number of hydrogen-bond donors (Lipinski definition) is 1. The first-order valence-corrected chi connectivity index (χ1v) is 6.65. The van der Waals surface area contributed by atoms with Crippen molar-refractivity contribution >= 4 is 0 Å². The minimum atomic E-state index is -0.280. The van der Waals surface area contributed by atoms with Crippen molar-refractivity contribution in [1.29, 1.82) is 0 Å². The SMILES string of the molecule is CCN(CC)CC(C)NC(C)c1cncc(F)c1. The Morgan fingerprint density at radius 1 is 1.28 bits per heavy atom. The van der Waals surface area contributed by atoms with Gasteiger partial charge in [0, 0.05) is 24.8 Å². The van der Waals surface area contributed by atoms with Gasteiger partial charge in [0.2, 0.25) is 0 Å². The Hall–Kier alpha value is -1.00. The summed E-state index contributed by atoms with van der Waals surface area (Å²) in [5.74, 6) is -0.280. The van der Waals surface area contributed by atoms with Gasteiger partial charge in [0.05, 0.1) is 6.20 Å². The second-order valence-corrected chi connectivity index (χ2v) is 4.71. The summed E-state index contributed by atoms with van der Waals surface area (Å²) in [7, 11) is 0. The number of likely N-dealkylation sites (N-methyl/N-ethyl adjacent to an activating group) is 1. The number of pyridine rings is 1. The number of nitrogens with one attached hydrogen (secondary N) is 1. The lowest BCUT2D eigenvalue weighted by atomic mass is 10.1. The largest absolute Gasteiger partial charge is 0.306 e. The second-order valence-electron chi connectivity index (χ2n) is 4.71. The van der Waals surface area contributed by atoms with Gasteiger partial charge in [0.25, 0.3) is 0 Å². The van der Waals surface area contributed by atoms with Crippen LogP contribution in [0, 0.1) is 5.82 Å². The Labute approximate surface area is 109 Å². The van der Waals surface area contributed by atoms with Crippen molar-refractivity contribution in [3.8, 4) is 0 Å². The van der Waals surface area contributed by atoms with E-state index in [0.717, 1.165) is 25.2 Å². The molecule has 0 spiro atoms. The van der Waals surface area contributed by atoms with Crippen LogP contribution in [0.3, 0.4) is 0 Å². The van der Waals surface area contributed by atoms with Crippen molar-refractivity contribution in [3.05, 3.63) is 29.8 Å². The molecule has 4 heteroatoms. The fraction of sp³-hybridized carbons (Fsp3) is 0.643. The highest BCUT2D eigenvalue weighted by Gasteiger charge is 2.12. The first kappa shape index (κ1) is 15.1. The molecule has 1 heterocycles. The molecule has 2 atom stereocenters. The second kappa shape index (κ2) is 7.44. The molecule has 0 saturated heterocycles. The van der Waals surface area contributed by atoms with Gasteiger partial charge in [-0.05, 0) is 38.6 Å². The summed E-state index contributed by atoms with van der Waals surface area (Å²) in [4.78, 5) is 6.25. The maximum atomic E-state index is 13.1. The Bertz CT molecular complexity index is 353. The van der Waals surface area contributed by atoms with Crippen molar-refractivity contribution in [3.63, 3.8) is 0 Å². The van der Waals surface area contributed by atoms with E-state index in [9.17, 15) is 4.39 Å². The lowest BCUT2D eigenvalue weighted by Gasteiger charge is -2.26. The third-order valence-electron chi connectivity index (χ3n) is 3.19. The first-order valence-electron chi connectivity index (χ1n) is 6.65. The van der Waals surface area contributed by atoms with Crippen molar-refractivity contribution in [2.45, 2.75) is 39.8 Å². The predicted octanol–water partition coefficient (Wildman–Crippen LogP) is 2.60. The molecule has 0 bridgehead atoms. The average molecular weight is 253 g/mol. The molecule has 1 aromatic rings. The van der Waals surface area contributed by atoms with Gasteiger partial charge in [-0.2, -0.15) is 0 Å². The standard InChI is InChI=1S/C14H24FN3/c1-5-18(6-2)10-11(3)17-12(4)13-7-14(15)9-16-8-13/h7-9,11-12,17H,5-6,10H2,1-4H3. The smallest absolute Gasteiger partial charge is 0.141 e. The molecule has 2 unspecified atom stereocenters. The molecule has 0 aromatic carbocycles. The topological polar surface area (TPSA) is 28.2 Å². The molecular formula is C14H24FN3. The summed E-state index contributed by atoms with van der Waals surface area (Å²) in [5.41, 5.74) is 0.890. The Kier molecular flexibility index (Phi) is 6.22. The molecule has 0 radical (unpaired) electrons. The summed E-state index contributed by atoms with van der Waals surface area (Å²) >= 11 is 0. The van der Waals surface area contributed by atoms with E-state index < -0.39 is 0 Å². The Balaban J connectivity index is 2.51. The van der Waals surface area contributed by atoms with Crippen molar-refractivity contribution in [2.75, 3.05) is 19.6 Å². The monoisotopic (exact) mass is 253 g/mol.